The molecule has 6 nitrogen and oxygen atoms in total. The van der Waals surface area contributed by atoms with Crippen molar-refractivity contribution in [2.45, 2.75) is 32.9 Å². The molecule has 0 atom stereocenters. The van der Waals surface area contributed by atoms with Gasteiger partial charge in [0, 0.05) is 37.8 Å². The number of nitrogens with one attached hydrogen (secondary N) is 1. The molecule has 3 rings (SSSR count). The van der Waals surface area contributed by atoms with Crippen LogP contribution in [0, 0.1) is 0 Å². The van der Waals surface area contributed by atoms with Gasteiger partial charge in [0.2, 0.25) is 5.91 Å². The molecule has 0 radical (unpaired) electrons. The summed E-state index contributed by atoms with van der Waals surface area (Å²) in [5, 5.41) is 2.97. The second-order valence-electron chi connectivity index (χ2n) is 6.16. The lowest BCUT2D eigenvalue weighted by molar-refractivity contribution is -0.122. The van der Waals surface area contributed by atoms with Crippen LogP contribution in [0.15, 0.2) is 30.5 Å². The van der Waals surface area contributed by atoms with Crippen molar-refractivity contribution in [3.05, 3.63) is 53.1 Å². The molecule has 25 heavy (non-hydrogen) atoms. The number of aryl methyl sites for hydroxylation is 1. The second kappa shape index (κ2) is 8.07. The van der Waals surface area contributed by atoms with Crippen molar-refractivity contribution in [1.82, 2.24) is 20.2 Å². The highest BCUT2D eigenvalue weighted by atomic mass is 16.5. The summed E-state index contributed by atoms with van der Waals surface area (Å²) in [6.45, 7) is 4.44. The molecule has 0 bridgehead atoms. The molecule has 6 heteroatoms. The maximum Gasteiger partial charge on any atom is 0.234 e. The minimum absolute atomic E-state index is 0.0131. The van der Waals surface area contributed by atoms with Crippen molar-refractivity contribution in [3.8, 4) is 5.75 Å². The summed E-state index contributed by atoms with van der Waals surface area (Å²) in [7, 11) is 1.64. The van der Waals surface area contributed by atoms with Crippen molar-refractivity contribution in [2.75, 3.05) is 20.2 Å². The first-order valence-electron chi connectivity index (χ1n) is 8.64. The van der Waals surface area contributed by atoms with Gasteiger partial charge in [-0.05, 0) is 18.1 Å². The van der Waals surface area contributed by atoms with E-state index in [4.69, 9.17) is 4.74 Å². The van der Waals surface area contributed by atoms with Crippen molar-refractivity contribution in [3.63, 3.8) is 0 Å². The monoisotopic (exact) mass is 340 g/mol. The molecule has 1 N–H and O–H groups in total. The SMILES string of the molecule is CCc1ncc2c(n1)CN(CC(=O)NCc1ccccc1OC)CC2. The minimum Gasteiger partial charge on any atom is -0.496 e. The summed E-state index contributed by atoms with van der Waals surface area (Å²) in [4.78, 5) is 23.4. The number of rotatable bonds is 6. The van der Waals surface area contributed by atoms with E-state index in [-0.39, 0.29) is 5.91 Å². The molecule has 2 aromatic rings. The van der Waals surface area contributed by atoms with E-state index in [1.54, 1.807) is 7.11 Å². The predicted molar refractivity (Wildman–Crippen MR) is 95.2 cm³/mol. The molecule has 2 heterocycles. The minimum atomic E-state index is 0.0131. The number of carbonyl (C=O) groups excluding carboxylic acids is 1. The lowest BCUT2D eigenvalue weighted by Gasteiger charge is -2.27. The summed E-state index contributed by atoms with van der Waals surface area (Å²) in [5.41, 5.74) is 3.22. The van der Waals surface area contributed by atoms with E-state index in [9.17, 15) is 4.79 Å². The Hall–Kier alpha value is -2.47. The van der Waals surface area contributed by atoms with Gasteiger partial charge in [0.25, 0.3) is 0 Å². The number of benzene rings is 1. The van der Waals surface area contributed by atoms with Crippen LogP contribution in [0.2, 0.25) is 0 Å². The predicted octanol–water partition coefficient (Wildman–Crippen LogP) is 1.72. The van der Waals surface area contributed by atoms with Crippen LogP contribution in [0.25, 0.3) is 0 Å². The Labute approximate surface area is 148 Å². The molecule has 0 saturated heterocycles. The maximum atomic E-state index is 12.3. The van der Waals surface area contributed by atoms with Crippen molar-refractivity contribution in [1.29, 1.82) is 0 Å². The van der Waals surface area contributed by atoms with Gasteiger partial charge in [-0.15, -0.1) is 0 Å². The molecule has 1 aromatic carbocycles. The number of fused-ring (bicyclic) bond motifs is 1. The van der Waals surface area contributed by atoms with Gasteiger partial charge in [-0.1, -0.05) is 25.1 Å². The standard InChI is InChI=1S/C19H24N4O2/c1-3-18-20-10-14-8-9-23(12-16(14)22-18)13-19(24)21-11-15-6-4-5-7-17(15)25-2/h4-7,10H,3,8-9,11-13H2,1-2H3,(H,21,24). The number of nitrogens with zero attached hydrogens (tertiary/aromatic N) is 3. The van der Waals surface area contributed by atoms with Crippen LogP contribution >= 0.6 is 0 Å². The first kappa shape index (κ1) is 17.4. The van der Waals surface area contributed by atoms with Gasteiger partial charge in [0.1, 0.15) is 11.6 Å². The van der Waals surface area contributed by atoms with Crippen LogP contribution in [-0.2, 0) is 30.7 Å². The molecule has 0 fully saturated rings. The van der Waals surface area contributed by atoms with Crippen LogP contribution in [0.3, 0.4) is 0 Å². The molecule has 0 aliphatic carbocycles. The Morgan fingerprint density at radius 1 is 1.36 bits per heavy atom. The van der Waals surface area contributed by atoms with Crippen LogP contribution in [0.1, 0.15) is 29.6 Å². The highest BCUT2D eigenvalue weighted by Crippen LogP contribution is 2.18. The number of methoxy groups -OCH3 is 1. The molecule has 0 saturated carbocycles. The smallest absolute Gasteiger partial charge is 0.234 e. The third kappa shape index (κ3) is 4.33. The van der Waals surface area contributed by atoms with E-state index in [1.807, 2.05) is 37.4 Å². The zero-order valence-corrected chi connectivity index (χ0v) is 14.8. The highest BCUT2D eigenvalue weighted by Gasteiger charge is 2.20. The Morgan fingerprint density at radius 3 is 3.00 bits per heavy atom. The largest absolute Gasteiger partial charge is 0.496 e. The summed E-state index contributed by atoms with van der Waals surface area (Å²) in [6, 6.07) is 7.71. The number of hydrogen-bond acceptors (Lipinski definition) is 5. The molecule has 0 spiro atoms. The Kier molecular flexibility index (Phi) is 5.60. The molecular weight excluding hydrogens is 316 g/mol. The van der Waals surface area contributed by atoms with Gasteiger partial charge in [0.05, 0.1) is 19.3 Å². The quantitative estimate of drug-likeness (QED) is 0.867. The van der Waals surface area contributed by atoms with Crippen LogP contribution in [-0.4, -0.2) is 41.0 Å². The second-order valence-corrected chi connectivity index (χ2v) is 6.16. The molecule has 0 unspecified atom stereocenters. The summed E-state index contributed by atoms with van der Waals surface area (Å²) >= 11 is 0. The van der Waals surface area contributed by atoms with E-state index in [1.165, 1.54) is 5.56 Å². The molecule has 132 valence electrons. The first-order chi connectivity index (χ1) is 12.2. The number of aromatic nitrogens is 2. The number of ether oxygens (including phenoxy) is 1. The normalized spacial score (nSPS) is 14.0. The number of hydrogen-bond donors (Lipinski definition) is 1. The fourth-order valence-corrected chi connectivity index (χ4v) is 3.01. The summed E-state index contributed by atoms with van der Waals surface area (Å²) in [6.07, 6.45) is 3.64. The lowest BCUT2D eigenvalue weighted by atomic mass is 10.1. The molecular formula is C19H24N4O2. The van der Waals surface area contributed by atoms with E-state index in [2.05, 4.69) is 20.2 Å². The Morgan fingerprint density at radius 2 is 2.20 bits per heavy atom. The van der Waals surface area contributed by atoms with E-state index >= 15 is 0 Å². The number of para-hydroxylation sites is 1. The Balaban J connectivity index is 1.55. The lowest BCUT2D eigenvalue weighted by Crippen LogP contribution is -2.40. The van der Waals surface area contributed by atoms with Gasteiger partial charge in [-0.2, -0.15) is 0 Å². The topological polar surface area (TPSA) is 67.4 Å². The summed E-state index contributed by atoms with van der Waals surface area (Å²) in [5.74, 6) is 1.67. The maximum absolute atomic E-state index is 12.3. The number of amides is 1. The molecule has 1 aliphatic heterocycles. The average Bonchev–Trinajstić information content (AvgIpc) is 2.66. The van der Waals surface area contributed by atoms with Crippen molar-refractivity contribution >= 4 is 5.91 Å². The molecule has 1 aromatic heterocycles. The zero-order valence-electron chi connectivity index (χ0n) is 14.8. The van der Waals surface area contributed by atoms with E-state index in [0.717, 1.165) is 42.2 Å². The van der Waals surface area contributed by atoms with Gasteiger partial charge in [-0.25, -0.2) is 9.97 Å². The third-order valence-electron chi connectivity index (χ3n) is 4.43. The first-order valence-corrected chi connectivity index (χ1v) is 8.64. The van der Waals surface area contributed by atoms with Crippen LogP contribution in [0.5, 0.6) is 5.75 Å². The molecule has 1 aliphatic rings. The Bertz CT molecular complexity index is 748. The zero-order chi connectivity index (χ0) is 17.6. The third-order valence-corrected chi connectivity index (χ3v) is 4.43. The fourth-order valence-electron chi connectivity index (χ4n) is 3.01. The average molecular weight is 340 g/mol. The van der Waals surface area contributed by atoms with Gasteiger partial charge in [-0.3, -0.25) is 9.69 Å². The van der Waals surface area contributed by atoms with Crippen molar-refractivity contribution < 1.29 is 9.53 Å². The van der Waals surface area contributed by atoms with Crippen LogP contribution in [0.4, 0.5) is 0 Å². The summed E-state index contributed by atoms with van der Waals surface area (Å²) < 4.78 is 5.31. The van der Waals surface area contributed by atoms with E-state index in [0.29, 0.717) is 19.6 Å². The van der Waals surface area contributed by atoms with Gasteiger partial charge in [0.15, 0.2) is 0 Å². The fraction of sp³-hybridized carbons (Fsp3) is 0.421. The van der Waals surface area contributed by atoms with Crippen LogP contribution < -0.4 is 10.1 Å². The highest BCUT2D eigenvalue weighted by molar-refractivity contribution is 5.78. The molecule has 1 amide bonds. The van der Waals surface area contributed by atoms with Gasteiger partial charge < -0.3 is 10.1 Å². The van der Waals surface area contributed by atoms with E-state index < -0.39 is 0 Å². The van der Waals surface area contributed by atoms with Crippen molar-refractivity contribution in [2.24, 2.45) is 0 Å². The van der Waals surface area contributed by atoms with Gasteiger partial charge >= 0.3 is 0 Å². The number of carbonyl (C=O) groups is 1.